The predicted octanol–water partition coefficient (Wildman–Crippen LogP) is 1.84. The number of benzene rings is 1. The Morgan fingerprint density at radius 1 is 1.35 bits per heavy atom. The van der Waals surface area contributed by atoms with Gasteiger partial charge in [0, 0.05) is 31.4 Å². The summed E-state index contributed by atoms with van der Waals surface area (Å²) in [4.78, 5) is 18.9. The van der Waals surface area contributed by atoms with Crippen molar-refractivity contribution in [1.82, 2.24) is 19.5 Å². The van der Waals surface area contributed by atoms with Gasteiger partial charge in [-0.1, -0.05) is 30.3 Å². The predicted molar refractivity (Wildman–Crippen MR) is 84.7 cm³/mol. The highest BCUT2D eigenvalue weighted by molar-refractivity contribution is 5.53. The largest absolute Gasteiger partial charge is 0.295 e. The Morgan fingerprint density at radius 2 is 2.17 bits per heavy atom. The van der Waals surface area contributed by atoms with Gasteiger partial charge in [-0.2, -0.15) is 5.26 Å². The van der Waals surface area contributed by atoms with Gasteiger partial charge in [0.25, 0.3) is 5.56 Å². The van der Waals surface area contributed by atoms with E-state index in [1.165, 1.54) is 22.3 Å². The molecule has 1 unspecified atom stereocenters. The average molecular weight is 305 g/mol. The Morgan fingerprint density at radius 3 is 2.87 bits per heavy atom. The lowest BCUT2D eigenvalue weighted by molar-refractivity contribution is 0.0804. The smallest absolute Gasteiger partial charge is 0.272 e. The Labute approximate surface area is 132 Å². The quantitative estimate of drug-likeness (QED) is 0.801. The van der Waals surface area contributed by atoms with E-state index in [-0.39, 0.29) is 5.56 Å². The number of H-pyrrole nitrogens is 1. The number of nitrogens with zero attached hydrogens (tertiary/aromatic N) is 4. The molecule has 0 spiro atoms. The minimum absolute atomic E-state index is 0.191. The summed E-state index contributed by atoms with van der Waals surface area (Å²) >= 11 is 0. The van der Waals surface area contributed by atoms with Crippen LogP contribution in [0.15, 0.2) is 47.4 Å². The van der Waals surface area contributed by atoms with Crippen molar-refractivity contribution in [2.45, 2.75) is 19.0 Å². The lowest BCUT2D eigenvalue weighted by Crippen LogP contribution is -2.40. The first-order valence-electron chi connectivity index (χ1n) is 7.55. The van der Waals surface area contributed by atoms with E-state index in [9.17, 15) is 4.79 Å². The zero-order valence-corrected chi connectivity index (χ0v) is 12.4. The number of fused-ring (bicyclic) bond motifs is 1. The van der Waals surface area contributed by atoms with E-state index < -0.39 is 0 Å². The van der Waals surface area contributed by atoms with Crippen LogP contribution in [0.2, 0.25) is 0 Å². The molecule has 0 bridgehead atoms. The van der Waals surface area contributed by atoms with Gasteiger partial charge in [0.1, 0.15) is 11.6 Å². The minimum Gasteiger partial charge on any atom is -0.295 e. The Bertz CT molecular complexity index is 951. The van der Waals surface area contributed by atoms with Crippen LogP contribution in [-0.4, -0.2) is 26.0 Å². The molecule has 2 aromatic heterocycles. The number of nitrogens with one attached hydrogen (secondary N) is 1. The van der Waals surface area contributed by atoms with Crippen LogP contribution in [-0.2, 0) is 6.54 Å². The van der Waals surface area contributed by atoms with Crippen molar-refractivity contribution in [1.29, 1.82) is 5.26 Å². The van der Waals surface area contributed by atoms with Crippen LogP contribution in [0.3, 0.4) is 0 Å². The van der Waals surface area contributed by atoms with Gasteiger partial charge in [0.05, 0.1) is 5.69 Å². The van der Waals surface area contributed by atoms with Crippen molar-refractivity contribution in [2.75, 3.05) is 6.54 Å². The standard InChI is InChI=1S/C17H15N5O/c18-9-13-10-19-22-16(23)8-14(20-17(13)22)11-21-7-6-15(21)12-4-2-1-3-5-12/h1-5,8,10,15,19H,6-7,11H2. The minimum atomic E-state index is -0.191. The molecular formula is C17H15N5O. The first-order chi connectivity index (χ1) is 11.3. The summed E-state index contributed by atoms with van der Waals surface area (Å²) in [5.41, 5.74) is 2.57. The summed E-state index contributed by atoms with van der Waals surface area (Å²) in [6.07, 6.45) is 2.61. The summed E-state index contributed by atoms with van der Waals surface area (Å²) in [6, 6.07) is 14.3. The highest BCUT2D eigenvalue weighted by Gasteiger charge is 2.29. The number of hydrogen-bond acceptors (Lipinski definition) is 4. The van der Waals surface area contributed by atoms with Crippen molar-refractivity contribution in [3.8, 4) is 6.07 Å². The van der Waals surface area contributed by atoms with Crippen LogP contribution in [0.4, 0.5) is 0 Å². The van der Waals surface area contributed by atoms with Crippen LogP contribution in [0.5, 0.6) is 0 Å². The van der Waals surface area contributed by atoms with Crippen LogP contribution < -0.4 is 5.56 Å². The molecule has 1 N–H and O–H groups in total. The summed E-state index contributed by atoms with van der Waals surface area (Å²) in [6.45, 7) is 1.60. The Balaban J connectivity index is 1.63. The number of nitriles is 1. The molecule has 1 fully saturated rings. The van der Waals surface area contributed by atoms with Crippen molar-refractivity contribution < 1.29 is 0 Å². The normalized spacial score (nSPS) is 17.8. The second-order valence-corrected chi connectivity index (χ2v) is 5.73. The molecule has 0 aliphatic carbocycles. The van der Waals surface area contributed by atoms with Gasteiger partial charge in [0.2, 0.25) is 0 Å². The van der Waals surface area contributed by atoms with E-state index in [1.807, 2.05) is 18.2 Å². The van der Waals surface area contributed by atoms with E-state index in [4.69, 9.17) is 5.26 Å². The summed E-state index contributed by atoms with van der Waals surface area (Å²) < 4.78 is 1.30. The van der Waals surface area contributed by atoms with Crippen molar-refractivity contribution in [3.05, 3.63) is 69.8 Å². The Kier molecular flexibility index (Phi) is 3.21. The first kappa shape index (κ1) is 13.7. The van der Waals surface area contributed by atoms with Gasteiger partial charge in [0.15, 0.2) is 5.65 Å². The maximum Gasteiger partial charge on any atom is 0.272 e. The van der Waals surface area contributed by atoms with E-state index in [0.29, 0.717) is 29.5 Å². The monoisotopic (exact) mass is 305 g/mol. The fourth-order valence-electron chi connectivity index (χ4n) is 3.08. The molecule has 1 saturated heterocycles. The molecule has 1 aliphatic heterocycles. The molecule has 3 aromatic rings. The van der Waals surface area contributed by atoms with Gasteiger partial charge >= 0.3 is 0 Å². The highest BCUT2D eigenvalue weighted by atomic mass is 16.1. The summed E-state index contributed by atoms with van der Waals surface area (Å²) in [5, 5.41) is 11.9. The number of hydrogen-bond donors (Lipinski definition) is 1. The molecule has 4 rings (SSSR count). The Hall–Kier alpha value is -2.91. The molecule has 114 valence electrons. The van der Waals surface area contributed by atoms with E-state index >= 15 is 0 Å². The van der Waals surface area contributed by atoms with Crippen LogP contribution in [0, 0.1) is 11.3 Å². The van der Waals surface area contributed by atoms with Crippen molar-refractivity contribution in [2.24, 2.45) is 0 Å². The van der Waals surface area contributed by atoms with E-state index in [0.717, 1.165) is 13.0 Å². The van der Waals surface area contributed by atoms with E-state index in [2.05, 4.69) is 33.2 Å². The lowest BCUT2D eigenvalue weighted by Gasteiger charge is -2.41. The van der Waals surface area contributed by atoms with E-state index in [1.54, 1.807) is 0 Å². The number of rotatable bonds is 3. The third-order valence-corrected chi connectivity index (χ3v) is 4.35. The zero-order valence-electron chi connectivity index (χ0n) is 12.4. The topological polar surface area (TPSA) is 77.2 Å². The molecular weight excluding hydrogens is 290 g/mol. The second kappa shape index (κ2) is 5.38. The van der Waals surface area contributed by atoms with Crippen LogP contribution in [0.25, 0.3) is 5.65 Å². The summed E-state index contributed by atoms with van der Waals surface area (Å²) in [7, 11) is 0. The lowest BCUT2D eigenvalue weighted by atomic mass is 9.94. The average Bonchev–Trinajstić information content (AvgIpc) is 2.96. The highest BCUT2D eigenvalue weighted by Crippen LogP contribution is 2.33. The molecule has 23 heavy (non-hydrogen) atoms. The van der Waals surface area contributed by atoms with Crippen LogP contribution >= 0.6 is 0 Å². The van der Waals surface area contributed by atoms with Crippen molar-refractivity contribution in [3.63, 3.8) is 0 Å². The van der Waals surface area contributed by atoms with Crippen LogP contribution in [0.1, 0.15) is 29.3 Å². The molecule has 1 aromatic carbocycles. The molecule has 3 heterocycles. The summed E-state index contributed by atoms with van der Waals surface area (Å²) in [5.74, 6) is 0. The van der Waals surface area contributed by atoms with Gasteiger partial charge in [-0.15, -0.1) is 0 Å². The fourth-order valence-corrected chi connectivity index (χ4v) is 3.08. The molecule has 0 amide bonds. The van der Waals surface area contributed by atoms with Crippen molar-refractivity contribution >= 4 is 5.65 Å². The fraction of sp³-hybridized carbons (Fsp3) is 0.235. The third-order valence-electron chi connectivity index (χ3n) is 4.35. The molecule has 1 atom stereocenters. The molecule has 6 nitrogen and oxygen atoms in total. The first-order valence-corrected chi connectivity index (χ1v) is 7.55. The second-order valence-electron chi connectivity index (χ2n) is 5.73. The molecule has 6 heteroatoms. The maximum absolute atomic E-state index is 12.1. The van der Waals surface area contributed by atoms with Gasteiger partial charge < -0.3 is 0 Å². The third kappa shape index (κ3) is 2.31. The number of aromatic amines is 1. The molecule has 0 saturated carbocycles. The van der Waals surface area contributed by atoms with Gasteiger partial charge in [-0.3, -0.25) is 14.8 Å². The molecule has 0 radical (unpaired) electrons. The maximum atomic E-state index is 12.1. The SMILES string of the molecule is N#Cc1c[nH]n2c(=O)cc(CN3CCC3c3ccccc3)nc12. The molecule has 1 aliphatic rings. The zero-order chi connectivity index (χ0) is 15.8. The van der Waals surface area contributed by atoms with Gasteiger partial charge in [-0.25, -0.2) is 9.50 Å². The number of aromatic nitrogens is 3. The number of likely N-dealkylation sites (tertiary alicyclic amines) is 1. The van der Waals surface area contributed by atoms with Gasteiger partial charge in [-0.05, 0) is 12.0 Å².